The number of likely N-dealkylation sites (N-methyl/N-ethyl adjacent to an activating group) is 2. The first-order valence-electron chi connectivity index (χ1n) is 13.6. The molecule has 1 aromatic rings. The zero-order chi connectivity index (χ0) is 31.4. The summed E-state index contributed by atoms with van der Waals surface area (Å²) >= 11 is 0. The van der Waals surface area contributed by atoms with Gasteiger partial charge in [0, 0.05) is 13.2 Å². The van der Waals surface area contributed by atoms with Crippen LogP contribution in [0.1, 0.15) is 60.3 Å². The fourth-order valence-electron chi connectivity index (χ4n) is 5.46. The maximum absolute atomic E-state index is 14.1. The van der Waals surface area contributed by atoms with Crippen molar-refractivity contribution < 1.29 is 45.8 Å². The van der Waals surface area contributed by atoms with E-state index >= 15 is 0 Å². The molecule has 13 heteroatoms. The lowest BCUT2D eigenvalue weighted by Crippen LogP contribution is -2.61. The van der Waals surface area contributed by atoms with Gasteiger partial charge < -0.3 is 9.47 Å². The van der Waals surface area contributed by atoms with E-state index in [0.717, 1.165) is 13.0 Å². The van der Waals surface area contributed by atoms with Crippen LogP contribution in [0.5, 0.6) is 5.75 Å². The topological polar surface area (TPSA) is 88.2 Å². The normalized spacial score (nSPS) is 20.7. The van der Waals surface area contributed by atoms with Gasteiger partial charge in [0.15, 0.2) is 0 Å². The van der Waals surface area contributed by atoms with Gasteiger partial charge >= 0.3 is 5.97 Å². The van der Waals surface area contributed by atoms with Crippen LogP contribution in [0.15, 0.2) is 0 Å². The number of hydrogen-bond donors (Lipinski definition) is 1. The molecule has 0 spiro atoms. The van der Waals surface area contributed by atoms with E-state index in [0.29, 0.717) is 12.8 Å². The van der Waals surface area contributed by atoms with Crippen molar-refractivity contribution in [3.05, 3.63) is 29.1 Å². The van der Waals surface area contributed by atoms with E-state index in [1.807, 2.05) is 25.8 Å². The Balaban J connectivity index is 2.32. The first-order chi connectivity index (χ1) is 19.0. The second-order valence-electron chi connectivity index (χ2n) is 11.2. The molecule has 0 unspecified atom stereocenters. The summed E-state index contributed by atoms with van der Waals surface area (Å²) in [6, 6.07) is -1.51. The van der Waals surface area contributed by atoms with Gasteiger partial charge in [0.2, 0.25) is 46.6 Å². The zero-order valence-corrected chi connectivity index (χ0v) is 24.7. The van der Waals surface area contributed by atoms with Crippen molar-refractivity contribution in [2.45, 2.75) is 84.0 Å². The van der Waals surface area contributed by atoms with Crippen LogP contribution in [0.25, 0.3) is 0 Å². The minimum Gasteiger partial charge on any atom is -0.420 e. The third kappa shape index (κ3) is 7.23. The fourth-order valence-corrected chi connectivity index (χ4v) is 5.46. The summed E-state index contributed by atoms with van der Waals surface area (Å²) in [6.07, 6.45) is 0.317. The average Bonchev–Trinajstić information content (AvgIpc) is 3.26. The number of ether oxygens (including phenoxy) is 2. The number of halogens is 5. The third-order valence-electron chi connectivity index (χ3n) is 8.20. The van der Waals surface area contributed by atoms with Crippen molar-refractivity contribution >= 4 is 17.8 Å². The number of carbonyl (C=O) groups excluding carboxylic acids is 3. The highest BCUT2D eigenvalue weighted by atomic mass is 19.2. The van der Waals surface area contributed by atoms with Crippen molar-refractivity contribution in [2.24, 2.45) is 11.8 Å². The Morgan fingerprint density at radius 1 is 1.02 bits per heavy atom. The molecule has 1 aliphatic rings. The molecule has 0 saturated carbocycles. The number of hydrogen-bond acceptors (Lipinski definition) is 7. The molecule has 1 aliphatic heterocycles. The summed E-state index contributed by atoms with van der Waals surface area (Å²) in [4.78, 5) is 42.9. The summed E-state index contributed by atoms with van der Waals surface area (Å²) in [5, 5.41) is 2.55. The van der Waals surface area contributed by atoms with Gasteiger partial charge in [0.1, 0.15) is 0 Å². The van der Waals surface area contributed by atoms with Gasteiger partial charge in [0.25, 0.3) is 0 Å². The van der Waals surface area contributed by atoms with E-state index in [4.69, 9.17) is 4.74 Å². The molecule has 1 fully saturated rings. The largest absolute Gasteiger partial charge is 0.420 e. The summed E-state index contributed by atoms with van der Waals surface area (Å²) in [6.45, 7) is 9.80. The van der Waals surface area contributed by atoms with Gasteiger partial charge in [0.05, 0.1) is 24.1 Å². The molecule has 0 bridgehead atoms. The standard InChI is InChI=1S/C28H40F5N3O5/c1-9-15(4)24(16(40-8)13-17(37)41-25-21(32)19(30)18(29)20(31)22(25)33)36(7)23(14(2)3)26(38)34-27(39)28(5)11-10-12-35(28)6/h14-16,23-24H,9-13H2,1-8H3,(H,34,38,39)/t15-,16+,23-,24-,28+/m0/s1. The predicted octanol–water partition coefficient (Wildman–Crippen LogP) is 4.19. The van der Waals surface area contributed by atoms with Crippen LogP contribution in [0.3, 0.4) is 0 Å². The number of nitrogens with one attached hydrogen (secondary N) is 1. The Hall–Kier alpha value is -2.64. The average molecular weight is 594 g/mol. The van der Waals surface area contributed by atoms with Crippen LogP contribution in [0.4, 0.5) is 22.0 Å². The van der Waals surface area contributed by atoms with E-state index in [9.17, 15) is 36.3 Å². The number of nitrogens with zero attached hydrogens (tertiary/aromatic N) is 2. The zero-order valence-electron chi connectivity index (χ0n) is 24.7. The van der Waals surface area contributed by atoms with Crippen LogP contribution in [-0.4, -0.2) is 79.1 Å². The highest BCUT2D eigenvalue weighted by Gasteiger charge is 2.44. The summed E-state index contributed by atoms with van der Waals surface area (Å²) in [7, 11) is 4.73. The number of esters is 1. The Bertz CT molecular complexity index is 1110. The Morgan fingerprint density at radius 3 is 2.00 bits per heavy atom. The van der Waals surface area contributed by atoms with E-state index in [1.165, 1.54) is 7.11 Å². The van der Waals surface area contributed by atoms with Crippen molar-refractivity contribution in [1.82, 2.24) is 15.1 Å². The second-order valence-corrected chi connectivity index (χ2v) is 11.2. The molecule has 0 aromatic heterocycles. The number of rotatable bonds is 12. The van der Waals surface area contributed by atoms with E-state index in [-0.39, 0.29) is 11.8 Å². The SMILES string of the molecule is CC[C@H](C)[C@@H]([C@@H](CC(=O)Oc1c(F)c(F)c(F)c(F)c1F)OC)N(C)[C@H](C(=O)NC(=O)[C@@]1(C)CCCN1C)C(C)C. The van der Waals surface area contributed by atoms with Crippen LogP contribution in [0.2, 0.25) is 0 Å². The van der Waals surface area contributed by atoms with Crippen molar-refractivity contribution in [3.8, 4) is 5.75 Å². The van der Waals surface area contributed by atoms with Crippen molar-refractivity contribution in [2.75, 3.05) is 27.7 Å². The van der Waals surface area contributed by atoms with Crippen LogP contribution < -0.4 is 10.1 Å². The molecule has 1 saturated heterocycles. The van der Waals surface area contributed by atoms with Gasteiger partial charge in [-0.2, -0.15) is 8.78 Å². The lowest BCUT2D eigenvalue weighted by atomic mass is 9.88. The number of likely N-dealkylation sites (tertiary alicyclic amines) is 1. The number of benzene rings is 1. The van der Waals surface area contributed by atoms with Gasteiger partial charge in [-0.05, 0) is 52.2 Å². The number of imide groups is 1. The van der Waals surface area contributed by atoms with E-state index < -0.39 is 82.8 Å². The van der Waals surface area contributed by atoms with Crippen LogP contribution in [-0.2, 0) is 19.1 Å². The lowest BCUT2D eigenvalue weighted by molar-refractivity contribution is -0.142. The summed E-state index contributed by atoms with van der Waals surface area (Å²) < 4.78 is 78.9. The molecule has 8 nitrogen and oxygen atoms in total. The first-order valence-corrected chi connectivity index (χ1v) is 13.6. The van der Waals surface area contributed by atoms with Crippen molar-refractivity contribution in [1.29, 1.82) is 0 Å². The molecular formula is C28H40F5N3O5. The molecular weight excluding hydrogens is 553 g/mol. The minimum atomic E-state index is -2.38. The Kier molecular flexibility index (Phi) is 11.8. The second kappa shape index (κ2) is 14.0. The Labute approximate surface area is 237 Å². The molecule has 1 N–H and O–H groups in total. The molecule has 2 rings (SSSR count). The van der Waals surface area contributed by atoms with Gasteiger partial charge in [-0.25, -0.2) is 13.2 Å². The van der Waals surface area contributed by atoms with E-state index in [2.05, 4.69) is 10.1 Å². The maximum atomic E-state index is 14.1. The molecule has 232 valence electrons. The fraction of sp³-hybridized carbons (Fsp3) is 0.679. The highest BCUT2D eigenvalue weighted by molar-refractivity contribution is 6.02. The maximum Gasteiger partial charge on any atom is 0.314 e. The monoisotopic (exact) mass is 593 g/mol. The number of amides is 2. The summed E-state index contributed by atoms with van der Waals surface area (Å²) in [5.41, 5.74) is -0.839. The first kappa shape index (κ1) is 34.6. The van der Waals surface area contributed by atoms with E-state index in [1.54, 1.807) is 32.7 Å². The molecule has 2 amide bonds. The molecule has 0 aliphatic carbocycles. The molecule has 41 heavy (non-hydrogen) atoms. The highest BCUT2D eigenvalue weighted by Crippen LogP contribution is 2.31. The third-order valence-corrected chi connectivity index (χ3v) is 8.20. The Morgan fingerprint density at radius 2 is 1.56 bits per heavy atom. The molecule has 1 heterocycles. The van der Waals surface area contributed by atoms with Crippen LogP contribution >= 0.6 is 0 Å². The smallest absolute Gasteiger partial charge is 0.314 e. The van der Waals surface area contributed by atoms with Crippen LogP contribution in [0, 0.1) is 40.9 Å². The van der Waals surface area contributed by atoms with Crippen molar-refractivity contribution in [3.63, 3.8) is 0 Å². The lowest BCUT2D eigenvalue weighted by Gasteiger charge is -2.42. The van der Waals surface area contributed by atoms with Gasteiger partial charge in [-0.1, -0.05) is 34.1 Å². The van der Waals surface area contributed by atoms with Gasteiger partial charge in [-0.15, -0.1) is 0 Å². The van der Waals surface area contributed by atoms with Gasteiger partial charge in [-0.3, -0.25) is 29.5 Å². The minimum absolute atomic E-state index is 0.213. The molecule has 5 atom stereocenters. The molecule has 1 aromatic carbocycles. The number of carbonyl (C=O) groups is 3. The number of methoxy groups -OCH3 is 1. The predicted molar refractivity (Wildman–Crippen MR) is 140 cm³/mol. The molecule has 0 radical (unpaired) electrons. The summed E-state index contributed by atoms with van der Waals surface area (Å²) in [5.74, 6) is -15.9. The quantitative estimate of drug-likeness (QED) is 0.128.